The number of anilines is 2. The molecule has 0 atom stereocenters. The molecule has 3 rings (SSSR count). The van der Waals surface area contributed by atoms with E-state index >= 15 is 0 Å². The summed E-state index contributed by atoms with van der Waals surface area (Å²) in [6.45, 7) is 3.37. The van der Waals surface area contributed by atoms with Crippen LogP contribution < -0.4 is 10.2 Å². The van der Waals surface area contributed by atoms with E-state index in [-0.39, 0.29) is 17.4 Å². The van der Waals surface area contributed by atoms with Gasteiger partial charge in [0.05, 0.1) is 0 Å². The van der Waals surface area contributed by atoms with Crippen molar-refractivity contribution in [1.29, 1.82) is 0 Å². The molecule has 0 saturated heterocycles. The van der Waals surface area contributed by atoms with Crippen LogP contribution in [0, 0.1) is 5.82 Å². The molecule has 0 aliphatic heterocycles. The normalized spacial score (nSPS) is 10.4. The van der Waals surface area contributed by atoms with Gasteiger partial charge in [0.15, 0.2) is 0 Å². The first-order valence-corrected chi connectivity index (χ1v) is 8.34. The maximum atomic E-state index is 13.0. The molecule has 0 aliphatic carbocycles. The molecule has 5 nitrogen and oxygen atoms in total. The van der Waals surface area contributed by atoms with Gasteiger partial charge in [0.25, 0.3) is 5.91 Å². The lowest BCUT2D eigenvalue weighted by Crippen LogP contribution is -2.25. The van der Waals surface area contributed by atoms with E-state index in [0.717, 1.165) is 5.56 Å². The van der Waals surface area contributed by atoms with Crippen molar-refractivity contribution < 1.29 is 9.18 Å². The zero-order valence-electron chi connectivity index (χ0n) is 14.4. The number of aromatic nitrogens is 2. The van der Waals surface area contributed by atoms with Gasteiger partial charge in [0, 0.05) is 25.0 Å². The highest BCUT2D eigenvalue weighted by Crippen LogP contribution is 2.14. The molecule has 1 amide bonds. The van der Waals surface area contributed by atoms with E-state index in [0.29, 0.717) is 24.7 Å². The van der Waals surface area contributed by atoms with Gasteiger partial charge < -0.3 is 10.2 Å². The van der Waals surface area contributed by atoms with Crippen molar-refractivity contribution in [3.05, 3.63) is 83.9 Å². The molecule has 0 saturated carbocycles. The Bertz CT molecular complexity index is 868. The fourth-order valence-corrected chi connectivity index (χ4v) is 2.48. The fourth-order valence-electron chi connectivity index (χ4n) is 2.48. The minimum atomic E-state index is -0.365. The zero-order chi connectivity index (χ0) is 18.4. The molecule has 3 aromatic rings. The van der Waals surface area contributed by atoms with E-state index in [1.165, 1.54) is 24.3 Å². The van der Waals surface area contributed by atoms with Gasteiger partial charge in [-0.1, -0.05) is 30.3 Å². The highest BCUT2D eigenvalue weighted by Gasteiger charge is 2.13. The fraction of sp³-hybridized carbons (Fsp3) is 0.150. The molecular formula is C20H19FN4O. The number of amides is 1. The Morgan fingerprint density at radius 3 is 2.50 bits per heavy atom. The molecule has 0 unspecified atom stereocenters. The number of benzene rings is 2. The lowest BCUT2D eigenvalue weighted by atomic mass is 10.2. The van der Waals surface area contributed by atoms with Gasteiger partial charge in [-0.25, -0.2) is 14.4 Å². The summed E-state index contributed by atoms with van der Waals surface area (Å²) in [7, 11) is 0. The molecule has 0 spiro atoms. The largest absolute Gasteiger partial charge is 0.337 e. The van der Waals surface area contributed by atoms with Crippen molar-refractivity contribution >= 4 is 17.5 Å². The van der Waals surface area contributed by atoms with Crippen LogP contribution in [0.4, 0.5) is 16.0 Å². The van der Waals surface area contributed by atoms with Crippen LogP contribution in [0.25, 0.3) is 0 Å². The Labute approximate surface area is 151 Å². The Morgan fingerprint density at radius 2 is 1.81 bits per heavy atom. The maximum Gasteiger partial charge on any atom is 0.274 e. The van der Waals surface area contributed by atoms with E-state index in [2.05, 4.69) is 15.3 Å². The van der Waals surface area contributed by atoms with Gasteiger partial charge in [-0.3, -0.25) is 4.79 Å². The van der Waals surface area contributed by atoms with Crippen molar-refractivity contribution in [2.45, 2.75) is 13.5 Å². The molecule has 26 heavy (non-hydrogen) atoms. The second kappa shape index (κ2) is 8.20. The molecule has 1 N–H and O–H groups in total. The number of hydrogen-bond acceptors (Lipinski definition) is 4. The van der Waals surface area contributed by atoms with Gasteiger partial charge in [0.1, 0.15) is 11.5 Å². The van der Waals surface area contributed by atoms with Gasteiger partial charge >= 0.3 is 0 Å². The number of halogens is 1. The predicted molar refractivity (Wildman–Crippen MR) is 99.6 cm³/mol. The first-order valence-electron chi connectivity index (χ1n) is 8.34. The van der Waals surface area contributed by atoms with E-state index in [1.807, 2.05) is 42.2 Å². The second-order valence-electron chi connectivity index (χ2n) is 5.70. The summed E-state index contributed by atoms with van der Waals surface area (Å²) in [6.07, 6.45) is 1.57. The van der Waals surface area contributed by atoms with Crippen molar-refractivity contribution in [1.82, 2.24) is 9.97 Å². The zero-order valence-corrected chi connectivity index (χ0v) is 14.4. The van der Waals surface area contributed by atoms with Gasteiger partial charge in [0.2, 0.25) is 5.95 Å². The third-order valence-corrected chi connectivity index (χ3v) is 3.86. The number of nitrogens with one attached hydrogen (secondary N) is 1. The average Bonchev–Trinajstić information content (AvgIpc) is 2.69. The van der Waals surface area contributed by atoms with Crippen molar-refractivity contribution in [2.24, 2.45) is 0 Å². The van der Waals surface area contributed by atoms with Gasteiger partial charge in [-0.05, 0) is 42.8 Å². The Kier molecular flexibility index (Phi) is 5.53. The average molecular weight is 350 g/mol. The van der Waals surface area contributed by atoms with Crippen molar-refractivity contribution in [2.75, 3.05) is 16.8 Å². The molecule has 132 valence electrons. The summed E-state index contributed by atoms with van der Waals surface area (Å²) in [6, 6.07) is 17.1. The van der Waals surface area contributed by atoms with E-state index in [9.17, 15) is 9.18 Å². The van der Waals surface area contributed by atoms with Crippen LogP contribution >= 0.6 is 0 Å². The van der Waals surface area contributed by atoms with Crippen LogP contribution in [0.1, 0.15) is 23.0 Å². The summed E-state index contributed by atoms with van der Waals surface area (Å²) in [5.74, 6) is -0.231. The lowest BCUT2D eigenvalue weighted by molar-refractivity contribution is 0.102. The number of carbonyl (C=O) groups is 1. The molecule has 0 bridgehead atoms. The van der Waals surface area contributed by atoms with Crippen LogP contribution in [0.15, 0.2) is 66.9 Å². The van der Waals surface area contributed by atoms with Crippen LogP contribution in [0.3, 0.4) is 0 Å². The maximum absolute atomic E-state index is 13.0. The molecular weight excluding hydrogens is 331 g/mol. The molecule has 0 fully saturated rings. The third kappa shape index (κ3) is 4.42. The van der Waals surface area contributed by atoms with Crippen molar-refractivity contribution in [3.63, 3.8) is 0 Å². The molecule has 6 heteroatoms. The summed E-state index contributed by atoms with van der Waals surface area (Å²) in [5.41, 5.74) is 1.90. The van der Waals surface area contributed by atoms with Gasteiger partial charge in [-0.15, -0.1) is 0 Å². The number of hydrogen-bond donors (Lipinski definition) is 1. The molecule has 0 aliphatic rings. The Balaban J connectivity index is 1.75. The topological polar surface area (TPSA) is 58.1 Å². The first-order chi connectivity index (χ1) is 12.7. The van der Waals surface area contributed by atoms with E-state index in [4.69, 9.17) is 0 Å². The summed E-state index contributed by atoms with van der Waals surface area (Å²) in [5, 5.41) is 2.70. The molecule has 1 aromatic heterocycles. The van der Waals surface area contributed by atoms with Crippen LogP contribution in [0.2, 0.25) is 0 Å². The van der Waals surface area contributed by atoms with Gasteiger partial charge in [-0.2, -0.15) is 0 Å². The summed E-state index contributed by atoms with van der Waals surface area (Å²) < 4.78 is 13.0. The highest BCUT2D eigenvalue weighted by molar-refractivity contribution is 6.02. The summed E-state index contributed by atoms with van der Waals surface area (Å²) in [4.78, 5) is 23.1. The highest BCUT2D eigenvalue weighted by atomic mass is 19.1. The lowest BCUT2D eigenvalue weighted by Gasteiger charge is -2.21. The van der Waals surface area contributed by atoms with E-state index < -0.39 is 0 Å². The SMILES string of the molecule is CCN(Cc1ccccc1)c1nccc(C(=O)Nc2ccc(F)cc2)n1. The molecule has 0 radical (unpaired) electrons. The van der Waals surface area contributed by atoms with Crippen LogP contribution in [-0.2, 0) is 6.54 Å². The number of nitrogens with zero attached hydrogens (tertiary/aromatic N) is 3. The van der Waals surface area contributed by atoms with Crippen LogP contribution in [0.5, 0.6) is 0 Å². The predicted octanol–water partition coefficient (Wildman–Crippen LogP) is 3.89. The summed E-state index contributed by atoms with van der Waals surface area (Å²) >= 11 is 0. The third-order valence-electron chi connectivity index (χ3n) is 3.86. The van der Waals surface area contributed by atoms with Crippen LogP contribution in [-0.4, -0.2) is 22.4 Å². The first kappa shape index (κ1) is 17.5. The molecule has 2 aromatic carbocycles. The smallest absolute Gasteiger partial charge is 0.274 e. The van der Waals surface area contributed by atoms with E-state index in [1.54, 1.807) is 12.3 Å². The Morgan fingerprint density at radius 1 is 1.08 bits per heavy atom. The van der Waals surface area contributed by atoms with Crippen molar-refractivity contribution in [3.8, 4) is 0 Å². The minimum Gasteiger partial charge on any atom is -0.337 e. The standard InChI is InChI=1S/C20H19FN4O/c1-2-25(14-15-6-4-3-5-7-15)20-22-13-12-18(24-20)19(26)23-17-10-8-16(21)9-11-17/h3-13H,2,14H2,1H3,(H,23,26). The molecule has 1 heterocycles. The monoisotopic (exact) mass is 350 g/mol. The number of rotatable bonds is 6. The quantitative estimate of drug-likeness (QED) is 0.733. The Hall–Kier alpha value is -3.28. The minimum absolute atomic E-state index is 0.255. The number of carbonyl (C=O) groups excluding carboxylic acids is 1. The second-order valence-corrected chi connectivity index (χ2v) is 5.70.